The minimum atomic E-state index is -0.0253. The Hall–Kier alpha value is -3.47. The molecule has 0 spiro atoms. The van der Waals surface area contributed by atoms with Gasteiger partial charge in [0.15, 0.2) is 0 Å². The predicted molar refractivity (Wildman–Crippen MR) is 103 cm³/mol. The van der Waals surface area contributed by atoms with Crippen molar-refractivity contribution in [3.8, 4) is 16.9 Å². The summed E-state index contributed by atoms with van der Waals surface area (Å²) >= 11 is 0. The van der Waals surface area contributed by atoms with Gasteiger partial charge in [-0.2, -0.15) is 0 Å². The number of fused-ring (bicyclic) bond motifs is 1. The minimum Gasteiger partial charge on any atom is -0.384 e. The van der Waals surface area contributed by atoms with Crippen molar-refractivity contribution >= 4 is 11.3 Å². The van der Waals surface area contributed by atoms with E-state index in [1.54, 1.807) is 4.68 Å². The molecule has 0 bridgehead atoms. The van der Waals surface area contributed by atoms with Crippen LogP contribution in [-0.4, -0.2) is 20.7 Å². The summed E-state index contributed by atoms with van der Waals surface area (Å²) in [5, 5.41) is 3.33. The van der Waals surface area contributed by atoms with Gasteiger partial charge in [0, 0.05) is 12.2 Å². The SMILES string of the molecule is O=c1c(C2=CCCN2)c2[nH]c(-c3ccccc3)cn2n1-c1ccccc1. The number of rotatable bonds is 3. The van der Waals surface area contributed by atoms with E-state index in [2.05, 4.69) is 28.5 Å². The van der Waals surface area contributed by atoms with Gasteiger partial charge in [-0.25, -0.2) is 9.20 Å². The zero-order chi connectivity index (χ0) is 17.5. The summed E-state index contributed by atoms with van der Waals surface area (Å²) in [5.41, 5.74) is 5.28. The van der Waals surface area contributed by atoms with Gasteiger partial charge >= 0.3 is 0 Å². The molecule has 26 heavy (non-hydrogen) atoms. The number of aromatic amines is 1. The van der Waals surface area contributed by atoms with E-state index in [1.807, 2.05) is 59.2 Å². The van der Waals surface area contributed by atoms with Crippen molar-refractivity contribution in [1.82, 2.24) is 19.5 Å². The maximum absolute atomic E-state index is 13.2. The van der Waals surface area contributed by atoms with Crippen molar-refractivity contribution in [2.75, 3.05) is 6.54 Å². The Morgan fingerprint density at radius 1 is 0.923 bits per heavy atom. The Labute approximate surface area is 150 Å². The monoisotopic (exact) mass is 342 g/mol. The second-order valence-corrected chi connectivity index (χ2v) is 6.39. The van der Waals surface area contributed by atoms with Crippen molar-refractivity contribution in [2.24, 2.45) is 0 Å². The van der Waals surface area contributed by atoms with Gasteiger partial charge in [0.05, 0.1) is 17.6 Å². The maximum atomic E-state index is 13.2. The molecular weight excluding hydrogens is 324 g/mol. The molecule has 5 heteroatoms. The van der Waals surface area contributed by atoms with E-state index >= 15 is 0 Å². The number of benzene rings is 2. The molecule has 128 valence electrons. The highest BCUT2D eigenvalue weighted by atomic mass is 16.1. The topological polar surface area (TPSA) is 54.2 Å². The average molecular weight is 342 g/mol. The summed E-state index contributed by atoms with van der Waals surface area (Å²) in [6.45, 7) is 0.865. The van der Waals surface area contributed by atoms with Gasteiger partial charge in [-0.15, -0.1) is 0 Å². The molecule has 3 heterocycles. The van der Waals surface area contributed by atoms with Gasteiger partial charge in [0.2, 0.25) is 0 Å². The Morgan fingerprint density at radius 3 is 2.35 bits per heavy atom. The Morgan fingerprint density at radius 2 is 1.65 bits per heavy atom. The highest BCUT2D eigenvalue weighted by Crippen LogP contribution is 2.25. The zero-order valence-electron chi connectivity index (χ0n) is 14.1. The summed E-state index contributed by atoms with van der Waals surface area (Å²) in [7, 11) is 0. The third-order valence-electron chi connectivity index (χ3n) is 4.76. The Balaban J connectivity index is 1.82. The van der Waals surface area contributed by atoms with Gasteiger partial charge in [-0.1, -0.05) is 54.6 Å². The van der Waals surface area contributed by atoms with Crippen LogP contribution in [0, 0.1) is 0 Å². The molecule has 2 aromatic carbocycles. The molecular formula is C21H18N4O. The highest BCUT2D eigenvalue weighted by molar-refractivity contribution is 5.78. The zero-order valence-corrected chi connectivity index (χ0v) is 14.1. The summed E-state index contributed by atoms with van der Waals surface area (Å²) in [4.78, 5) is 16.7. The standard InChI is InChI=1S/C21H18N4O/c26-21-19(17-12-7-13-22-17)20-23-18(15-8-3-1-4-9-15)14-24(20)25(21)16-10-5-2-6-11-16/h1-6,8-12,14,22-23H,7,13H2. The van der Waals surface area contributed by atoms with Gasteiger partial charge in [-0.05, 0) is 24.1 Å². The molecule has 0 unspecified atom stereocenters. The van der Waals surface area contributed by atoms with Crippen LogP contribution in [0.15, 0.2) is 77.7 Å². The van der Waals surface area contributed by atoms with E-state index in [4.69, 9.17) is 0 Å². The molecule has 2 aromatic heterocycles. The van der Waals surface area contributed by atoms with Crippen LogP contribution < -0.4 is 10.9 Å². The highest BCUT2D eigenvalue weighted by Gasteiger charge is 2.22. The lowest BCUT2D eigenvalue weighted by Crippen LogP contribution is -2.21. The Bertz CT molecular complexity index is 1160. The first-order valence-corrected chi connectivity index (χ1v) is 8.74. The number of hydrogen-bond donors (Lipinski definition) is 2. The van der Waals surface area contributed by atoms with Crippen molar-refractivity contribution < 1.29 is 0 Å². The van der Waals surface area contributed by atoms with Crippen LogP contribution in [0.5, 0.6) is 0 Å². The lowest BCUT2D eigenvalue weighted by Gasteiger charge is -2.03. The number of para-hydroxylation sites is 1. The molecule has 0 radical (unpaired) electrons. The van der Waals surface area contributed by atoms with Gasteiger partial charge in [-0.3, -0.25) is 4.79 Å². The largest absolute Gasteiger partial charge is 0.384 e. The number of H-pyrrole nitrogens is 1. The lowest BCUT2D eigenvalue weighted by molar-refractivity contribution is 0.779. The smallest absolute Gasteiger partial charge is 0.283 e. The van der Waals surface area contributed by atoms with Gasteiger partial charge in [0.25, 0.3) is 5.56 Å². The van der Waals surface area contributed by atoms with Crippen LogP contribution in [0.25, 0.3) is 28.3 Å². The first-order valence-electron chi connectivity index (χ1n) is 8.74. The van der Waals surface area contributed by atoms with E-state index < -0.39 is 0 Å². The molecule has 2 N–H and O–H groups in total. The molecule has 0 fully saturated rings. The molecule has 5 rings (SSSR count). The third-order valence-corrected chi connectivity index (χ3v) is 4.76. The first-order chi connectivity index (χ1) is 12.8. The first kappa shape index (κ1) is 14.8. The van der Waals surface area contributed by atoms with Crippen molar-refractivity contribution in [3.63, 3.8) is 0 Å². The summed E-state index contributed by atoms with van der Waals surface area (Å²) < 4.78 is 3.63. The summed E-state index contributed by atoms with van der Waals surface area (Å²) in [6, 6.07) is 19.9. The van der Waals surface area contributed by atoms with Gasteiger partial charge in [0.1, 0.15) is 11.2 Å². The molecule has 0 aliphatic carbocycles. The van der Waals surface area contributed by atoms with Crippen molar-refractivity contribution in [1.29, 1.82) is 0 Å². The predicted octanol–water partition coefficient (Wildman–Crippen LogP) is 3.42. The molecule has 0 saturated carbocycles. The number of aromatic nitrogens is 3. The number of hydrogen-bond acceptors (Lipinski definition) is 2. The van der Waals surface area contributed by atoms with E-state index in [0.717, 1.165) is 41.3 Å². The number of nitrogens with zero attached hydrogens (tertiary/aromatic N) is 2. The van der Waals surface area contributed by atoms with Crippen molar-refractivity contribution in [2.45, 2.75) is 6.42 Å². The van der Waals surface area contributed by atoms with E-state index in [1.165, 1.54) is 0 Å². The van der Waals surface area contributed by atoms with Crippen LogP contribution >= 0.6 is 0 Å². The van der Waals surface area contributed by atoms with E-state index in [0.29, 0.717) is 5.56 Å². The molecule has 5 nitrogen and oxygen atoms in total. The number of imidazole rings is 1. The average Bonchev–Trinajstić information content (AvgIpc) is 3.39. The fourth-order valence-electron chi connectivity index (χ4n) is 3.55. The molecule has 0 atom stereocenters. The molecule has 0 amide bonds. The maximum Gasteiger partial charge on any atom is 0.283 e. The summed E-state index contributed by atoms with van der Waals surface area (Å²) in [6.07, 6.45) is 5.01. The quantitative estimate of drug-likeness (QED) is 0.599. The van der Waals surface area contributed by atoms with Crippen LogP contribution in [0.4, 0.5) is 0 Å². The van der Waals surface area contributed by atoms with E-state index in [-0.39, 0.29) is 5.56 Å². The van der Waals surface area contributed by atoms with Gasteiger partial charge < -0.3 is 10.3 Å². The van der Waals surface area contributed by atoms with Crippen molar-refractivity contribution in [3.05, 3.63) is 88.9 Å². The molecule has 0 saturated heterocycles. The second kappa shape index (κ2) is 5.81. The third kappa shape index (κ3) is 2.21. The molecule has 4 aromatic rings. The van der Waals surface area contributed by atoms with Crippen LogP contribution in [0.3, 0.4) is 0 Å². The van der Waals surface area contributed by atoms with Crippen LogP contribution in [-0.2, 0) is 0 Å². The Kier molecular flexibility index (Phi) is 3.31. The molecule has 1 aliphatic heterocycles. The second-order valence-electron chi connectivity index (χ2n) is 6.39. The normalized spacial score (nSPS) is 13.8. The lowest BCUT2D eigenvalue weighted by atomic mass is 10.2. The van der Waals surface area contributed by atoms with Crippen LogP contribution in [0.2, 0.25) is 0 Å². The molecule has 1 aliphatic rings. The van der Waals surface area contributed by atoms with E-state index in [9.17, 15) is 4.79 Å². The summed E-state index contributed by atoms with van der Waals surface area (Å²) in [5.74, 6) is 0. The fraction of sp³-hybridized carbons (Fsp3) is 0.0952. The minimum absolute atomic E-state index is 0.0253. The van der Waals surface area contributed by atoms with Crippen LogP contribution in [0.1, 0.15) is 12.0 Å². The number of nitrogens with one attached hydrogen (secondary N) is 2. The fourth-order valence-corrected chi connectivity index (χ4v) is 3.55.